The summed E-state index contributed by atoms with van der Waals surface area (Å²) >= 11 is 1.08. The predicted octanol–water partition coefficient (Wildman–Crippen LogP) is 2.45. The fourth-order valence-corrected chi connectivity index (χ4v) is 5.53. The Morgan fingerprint density at radius 3 is 2.64 bits per heavy atom. The second kappa shape index (κ2) is 10.3. The van der Waals surface area contributed by atoms with Crippen LogP contribution in [0.1, 0.15) is 31.0 Å². The van der Waals surface area contributed by atoms with E-state index in [9.17, 15) is 19.7 Å². The Balaban J connectivity index is 1.74. The van der Waals surface area contributed by atoms with Crippen molar-refractivity contribution in [3.8, 4) is 23.0 Å². The fourth-order valence-electron chi connectivity index (χ4n) is 4.49. The first-order chi connectivity index (χ1) is 18.8. The molecule has 1 aromatic heterocycles. The lowest BCUT2D eigenvalue weighted by atomic mass is 9.95. The van der Waals surface area contributed by atoms with Crippen LogP contribution in [0.15, 0.2) is 51.4 Å². The molecule has 0 N–H and O–H groups in total. The second-order valence-corrected chi connectivity index (χ2v) is 9.45. The zero-order chi connectivity index (χ0) is 27.8. The molecule has 13 heteroatoms. The highest BCUT2D eigenvalue weighted by Gasteiger charge is 2.34. The van der Waals surface area contributed by atoms with Crippen molar-refractivity contribution in [3.63, 3.8) is 0 Å². The molecule has 0 amide bonds. The molecular weight excluding hydrogens is 530 g/mol. The summed E-state index contributed by atoms with van der Waals surface area (Å²) in [5, 5.41) is 11.6. The second-order valence-electron chi connectivity index (χ2n) is 8.44. The highest BCUT2D eigenvalue weighted by atomic mass is 32.1. The standard InChI is InChI=1S/C26H23N3O9S/c1-5-36-25(31)22-13(2)27-26-28(23(22)14-6-7-17-20(9-14)38-12-37-17)24(30)21(39-26)10-15-8-16(29(32)33)19(35-4)11-18(15)34-3/h6-11,23H,5,12H2,1-4H3/b21-10-/t23-/m1/s1. The first-order valence-electron chi connectivity index (χ1n) is 11.8. The molecule has 2 aliphatic heterocycles. The maximum absolute atomic E-state index is 13.9. The summed E-state index contributed by atoms with van der Waals surface area (Å²) in [5.41, 5.74) is 0.791. The van der Waals surface area contributed by atoms with E-state index in [0.717, 1.165) is 11.3 Å². The molecule has 2 aliphatic rings. The number of hydrogen-bond acceptors (Lipinski definition) is 11. The molecular formula is C26H23N3O9S. The van der Waals surface area contributed by atoms with Crippen LogP contribution in [0.25, 0.3) is 6.08 Å². The molecule has 3 aromatic rings. The van der Waals surface area contributed by atoms with Crippen molar-refractivity contribution in [1.82, 2.24) is 4.57 Å². The van der Waals surface area contributed by atoms with Gasteiger partial charge < -0.3 is 23.7 Å². The van der Waals surface area contributed by atoms with Crippen molar-refractivity contribution in [2.45, 2.75) is 19.9 Å². The lowest BCUT2D eigenvalue weighted by Crippen LogP contribution is -2.39. The molecule has 1 atom stereocenters. The van der Waals surface area contributed by atoms with Gasteiger partial charge in [-0.15, -0.1) is 0 Å². The number of allylic oxidation sites excluding steroid dienone is 1. The highest BCUT2D eigenvalue weighted by Crippen LogP contribution is 2.38. The van der Waals surface area contributed by atoms with E-state index in [4.69, 9.17) is 23.7 Å². The number of benzene rings is 2. The van der Waals surface area contributed by atoms with Crippen LogP contribution in [0, 0.1) is 10.1 Å². The molecule has 0 radical (unpaired) electrons. The van der Waals surface area contributed by atoms with Gasteiger partial charge in [0.1, 0.15) is 5.75 Å². The number of rotatable bonds is 7. The molecule has 202 valence electrons. The van der Waals surface area contributed by atoms with Crippen molar-refractivity contribution < 1.29 is 33.4 Å². The van der Waals surface area contributed by atoms with Gasteiger partial charge in [0, 0.05) is 17.7 Å². The van der Waals surface area contributed by atoms with Crippen molar-refractivity contribution in [3.05, 3.63) is 82.5 Å². The Bertz CT molecular complexity index is 1720. The smallest absolute Gasteiger partial charge is 0.338 e. The van der Waals surface area contributed by atoms with E-state index in [1.807, 2.05) is 0 Å². The molecule has 0 unspecified atom stereocenters. The average molecular weight is 554 g/mol. The van der Waals surface area contributed by atoms with Gasteiger partial charge in [-0.3, -0.25) is 19.5 Å². The quantitative estimate of drug-likeness (QED) is 0.245. The van der Waals surface area contributed by atoms with Crippen LogP contribution in [0.4, 0.5) is 5.69 Å². The van der Waals surface area contributed by atoms with Gasteiger partial charge >= 0.3 is 11.7 Å². The minimum Gasteiger partial charge on any atom is -0.496 e. The Morgan fingerprint density at radius 2 is 1.95 bits per heavy atom. The van der Waals surface area contributed by atoms with Gasteiger partial charge in [-0.25, -0.2) is 9.79 Å². The van der Waals surface area contributed by atoms with E-state index in [0.29, 0.717) is 33.1 Å². The fraction of sp³-hybridized carbons (Fsp3) is 0.269. The zero-order valence-corrected chi connectivity index (χ0v) is 22.2. The van der Waals surface area contributed by atoms with Crippen LogP contribution in [0.2, 0.25) is 0 Å². The summed E-state index contributed by atoms with van der Waals surface area (Å²) in [4.78, 5) is 42.9. The summed E-state index contributed by atoms with van der Waals surface area (Å²) < 4.78 is 28.4. The maximum atomic E-state index is 13.9. The van der Waals surface area contributed by atoms with Crippen LogP contribution in [-0.4, -0.2) is 43.1 Å². The molecule has 12 nitrogen and oxygen atoms in total. The third-order valence-corrected chi connectivity index (χ3v) is 7.23. The molecule has 0 spiro atoms. The monoisotopic (exact) mass is 553 g/mol. The average Bonchev–Trinajstić information content (AvgIpc) is 3.51. The molecule has 39 heavy (non-hydrogen) atoms. The van der Waals surface area contributed by atoms with Gasteiger partial charge in [0.2, 0.25) is 12.5 Å². The topological polar surface area (TPSA) is 141 Å². The van der Waals surface area contributed by atoms with E-state index in [2.05, 4.69) is 4.99 Å². The number of hydrogen-bond donors (Lipinski definition) is 0. The van der Waals surface area contributed by atoms with Crippen LogP contribution in [0.5, 0.6) is 23.0 Å². The number of aromatic nitrogens is 1. The van der Waals surface area contributed by atoms with Crippen LogP contribution in [0.3, 0.4) is 0 Å². The maximum Gasteiger partial charge on any atom is 0.338 e. The molecule has 2 aromatic carbocycles. The molecule has 3 heterocycles. The van der Waals surface area contributed by atoms with E-state index >= 15 is 0 Å². The summed E-state index contributed by atoms with van der Waals surface area (Å²) in [7, 11) is 2.73. The number of methoxy groups -OCH3 is 2. The molecule has 0 bridgehead atoms. The molecule has 0 fully saturated rings. The number of nitro groups is 1. The first-order valence-corrected chi connectivity index (χ1v) is 12.6. The number of fused-ring (bicyclic) bond motifs is 2. The van der Waals surface area contributed by atoms with Gasteiger partial charge in [0.25, 0.3) is 5.56 Å². The van der Waals surface area contributed by atoms with Crippen LogP contribution >= 0.6 is 11.3 Å². The van der Waals surface area contributed by atoms with E-state index in [1.54, 1.807) is 32.0 Å². The lowest BCUT2D eigenvalue weighted by molar-refractivity contribution is -0.385. The van der Waals surface area contributed by atoms with Gasteiger partial charge in [-0.1, -0.05) is 17.4 Å². The van der Waals surface area contributed by atoms with E-state index in [1.165, 1.54) is 37.0 Å². The van der Waals surface area contributed by atoms with Crippen molar-refractivity contribution >= 4 is 29.1 Å². The first kappa shape index (κ1) is 26.0. The summed E-state index contributed by atoms with van der Waals surface area (Å²) in [6.07, 6.45) is 1.50. The van der Waals surface area contributed by atoms with Gasteiger partial charge in [0.15, 0.2) is 16.3 Å². The van der Waals surface area contributed by atoms with Crippen LogP contribution < -0.4 is 33.8 Å². The number of thiazole rings is 1. The highest BCUT2D eigenvalue weighted by molar-refractivity contribution is 7.07. The van der Waals surface area contributed by atoms with Gasteiger partial charge in [-0.05, 0) is 37.6 Å². The van der Waals surface area contributed by atoms with Crippen molar-refractivity contribution in [2.24, 2.45) is 4.99 Å². The Morgan fingerprint density at radius 1 is 1.21 bits per heavy atom. The summed E-state index contributed by atoms with van der Waals surface area (Å²) in [5.74, 6) is 0.746. The number of ether oxygens (including phenoxy) is 5. The molecule has 0 aliphatic carbocycles. The van der Waals surface area contributed by atoms with E-state index in [-0.39, 0.29) is 40.7 Å². The predicted molar refractivity (Wildman–Crippen MR) is 139 cm³/mol. The molecule has 5 rings (SSSR count). The third-order valence-electron chi connectivity index (χ3n) is 6.24. The number of carbonyl (C=O) groups is 1. The number of carbonyl (C=O) groups excluding carboxylic acids is 1. The van der Waals surface area contributed by atoms with E-state index < -0.39 is 22.5 Å². The normalized spacial score (nSPS) is 16.0. The van der Waals surface area contributed by atoms with Gasteiger partial charge in [-0.2, -0.15) is 0 Å². The molecule has 0 saturated heterocycles. The van der Waals surface area contributed by atoms with Crippen LogP contribution in [-0.2, 0) is 9.53 Å². The summed E-state index contributed by atoms with van der Waals surface area (Å²) in [6.45, 7) is 3.58. The number of nitrogens with zero attached hydrogens (tertiary/aromatic N) is 3. The lowest BCUT2D eigenvalue weighted by Gasteiger charge is -2.24. The Labute approximate surface area is 225 Å². The number of esters is 1. The number of nitro benzene ring substituents is 1. The minimum atomic E-state index is -0.857. The Kier molecular flexibility index (Phi) is 6.83. The third kappa shape index (κ3) is 4.50. The summed E-state index contributed by atoms with van der Waals surface area (Å²) in [6, 6.07) is 7.00. The van der Waals surface area contributed by atoms with Crippen molar-refractivity contribution in [2.75, 3.05) is 27.6 Å². The van der Waals surface area contributed by atoms with Gasteiger partial charge in [0.05, 0.1) is 47.6 Å². The Hall–Kier alpha value is -4.65. The SMILES string of the molecule is CCOC(=O)C1=C(C)N=c2s/c(=C\c3cc([N+](=O)[O-])c(OC)cc3OC)c(=O)n2[C@@H]1c1ccc2c(c1)OCO2. The van der Waals surface area contributed by atoms with Crippen molar-refractivity contribution in [1.29, 1.82) is 0 Å². The minimum absolute atomic E-state index is 0.0213. The zero-order valence-electron chi connectivity index (χ0n) is 21.4. The largest absolute Gasteiger partial charge is 0.496 e. The molecule has 0 saturated carbocycles.